The number of carboxylic acids is 1. The fraction of sp³-hybridized carbons (Fsp3) is 0.308. The highest BCUT2D eigenvalue weighted by Crippen LogP contribution is 2.39. The first kappa shape index (κ1) is 24.0. The number of aryl methyl sites for hydroxylation is 1. The number of aromatic amines is 1. The highest BCUT2D eigenvalue weighted by Gasteiger charge is 2.29. The number of hydrogen-bond acceptors (Lipinski definition) is 6. The van der Waals surface area contributed by atoms with E-state index in [1.807, 2.05) is 12.1 Å². The van der Waals surface area contributed by atoms with Gasteiger partial charge in [-0.05, 0) is 66.8 Å². The van der Waals surface area contributed by atoms with Crippen LogP contribution < -0.4 is 15.8 Å². The van der Waals surface area contributed by atoms with E-state index in [2.05, 4.69) is 26.1 Å². The second-order valence-electron chi connectivity index (χ2n) is 8.44. The number of anilines is 1. The van der Waals surface area contributed by atoms with Gasteiger partial charge in [-0.3, -0.25) is 9.59 Å². The van der Waals surface area contributed by atoms with Crippen molar-refractivity contribution in [3.05, 3.63) is 69.3 Å². The van der Waals surface area contributed by atoms with Gasteiger partial charge >= 0.3 is 5.97 Å². The van der Waals surface area contributed by atoms with Gasteiger partial charge in [0.15, 0.2) is 0 Å². The van der Waals surface area contributed by atoms with Crippen molar-refractivity contribution >= 4 is 28.5 Å². The molecule has 1 aliphatic carbocycles. The van der Waals surface area contributed by atoms with Crippen LogP contribution in [0.4, 0.5) is 5.69 Å². The van der Waals surface area contributed by atoms with E-state index in [1.165, 1.54) is 0 Å². The lowest BCUT2D eigenvalue weighted by molar-refractivity contribution is -0.139. The lowest BCUT2D eigenvalue weighted by atomic mass is 10.0. The van der Waals surface area contributed by atoms with E-state index in [0.29, 0.717) is 23.0 Å². The molecule has 4 N–H and O–H groups in total. The number of amides is 1. The summed E-state index contributed by atoms with van der Waals surface area (Å²) in [4.78, 5) is 45.2. The molecule has 1 aliphatic rings. The number of aliphatic hydroxyl groups excluding tert-OH is 1. The van der Waals surface area contributed by atoms with E-state index >= 15 is 0 Å². The maximum Gasteiger partial charge on any atom is 0.326 e. The number of nitrogens with zero attached hydrogens (tertiary/aromatic N) is 2. The summed E-state index contributed by atoms with van der Waals surface area (Å²) in [6.45, 7) is 1.67. The summed E-state index contributed by atoms with van der Waals surface area (Å²) in [5.41, 5.74) is 3.46. The van der Waals surface area contributed by atoms with Crippen LogP contribution in [0.15, 0.2) is 41.2 Å². The van der Waals surface area contributed by atoms with E-state index < -0.39 is 17.9 Å². The number of aromatic nitrogens is 2. The van der Waals surface area contributed by atoms with Crippen LogP contribution in [0.2, 0.25) is 0 Å². The predicted molar refractivity (Wildman–Crippen MR) is 131 cm³/mol. The number of carboxylic acid groups (broad SMARTS) is 1. The lowest BCUT2D eigenvalue weighted by Gasteiger charge is -2.30. The Labute approximate surface area is 201 Å². The molecule has 3 aromatic rings. The topological polar surface area (TPSA) is 136 Å². The Kier molecular flexibility index (Phi) is 6.85. The summed E-state index contributed by atoms with van der Waals surface area (Å²) in [7, 11) is 0. The minimum Gasteiger partial charge on any atom is -0.480 e. The molecule has 1 amide bonds. The Bertz CT molecular complexity index is 1370. The number of aliphatic carboxylic acids is 1. The van der Waals surface area contributed by atoms with Crippen LogP contribution in [0.5, 0.6) is 0 Å². The molecule has 1 aromatic heterocycles. The minimum absolute atomic E-state index is 0.0708. The fourth-order valence-electron chi connectivity index (χ4n) is 4.53. The van der Waals surface area contributed by atoms with Crippen LogP contribution in [0, 0.1) is 12.3 Å². The SMILES string of the molecule is C#CCN(c1ccc(C(=O)N[C@@H](CC)C(=O)O)cc1)[C@H]1CCc2cc3nc(CO)[nH]c(=O)c3cc21. The van der Waals surface area contributed by atoms with Crippen LogP contribution in [0.25, 0.3) is 10.9 Å². The molecule has 180 valence electrons. The molecule has 0 aliphatic heterocycles. The minimum atomic E-state index is -1.08. The van der Waals surface area contributed by atoms with Gasteiger partial charge in [-0.1, -0.05) is 12.8 Å². The van der Waals surface area contributed by atoms with Crippen molar-refractivity contribution in [2.45, 2.75) is 44.9 Å². The molecule has 2 aromatic carbocycles. The van der Waals surface area contributed by atoms with Gasteiger partial charge in [-0.2, -0.15) is 0 Å². The van der Waals surface area contributed by atoms with Crippen LogP contribution in [-0.2, 0) is 17.8 Å². The summed E-state index contributed by atoms with van der Waals surface area (Å²) < 4.78 is 0. The smallest absolute Gasteiger partial charge is 0.326 e. The monoisotopic (exact) mass is 474 g/mol. The maximum atomic E-state index is 12.5. The van der Waals surface area contributed by atoms with Gasteiger partial charge < -0.3 is 25.4 Å². The zero-order valence-corrected chi connectivity index (χ0v) is 19.2. The summed E-state index contributed by atoms with van der Waals surface area (Å²) >= 11 is 0. The fourth-order valence-corrected chi connectivity index (χ4v) is 4.53. The van der Waals surface area contributed by atoms with E-state index in [9.17, 15) is 24.6 Å². The molecule has 9 heteroatoms. The number of fused-ring (bicyclic) bond motifs is 2. The molecule has 35 heavy (non-hydrogen) atoms. The first-order valence-corrected chi connectivity index (χ1v) is 11.4. The van der Waals surface area contributed by atoms with E-state index in [1.54, 1.807) is 31.2 Å². The number of terminal acetylenes is 1. The zero-order chi connectivity index (χ0) is 25.1. The third-order valence-corrected chi connectivity index (χ3v) is 6.32. The van der Waals surface area contributed by atoms with E-state index in [-0.39, 0.29) is 30.5 Å². The van der Waals surface area contributed by atoms with Gasteiger partial charge in [-0.25, -0.2) is 9.78 Å². The number of carbonyl (C=O) groups excluding carboxylic acids is 1. The average molecular weight is 475 g/mol. The highest BCUT2D eigenvalue weighted by atomic mass is 16.4. The largest absolute Gasteiger partial charge is 0.480 e. The third kappa shape index (κ3) is 4.74. The first-order chi connectivity index (χ1) is 16.9. The Morgan fingerprint density at radius 3 is 2.69 bits per heavy atom. The van der Waals surface area contributed by atoms with Crippen LogP contribution in [0.1, 0.15) is 53.1 Å². The molecule has 0 bridgehead atoms. The van der Waals surface area contributed by atoms with Crippen molar-refractivity contribution in [1.29, 1.82) is 0 Å². The van der Waals surface area contributed by atoms with Crippen molar-refractivity contribution < 1.29 is 19.8 Å². The molecule has 0 fully saturated rings. The van der Waals surface area contributed by atoms with Crippen LogP contribution in [-0.4, -0.2) is 44.6 Å². The number of rotatable bonds is 8. The van der Waals surface area contributed by atoms with Crippen molar-refractivity contribution in [3.8, 4) is 12.3 Å². The summed E-state index contributed by atoms with van der Waals surface area (Å²) in [5.74, 6) is 1.39. The molecule has 0 unspecified atom stereocenters. The summed E-state index contributed by atoms with van der Waals surface area (Å²) in [6.07, 6.45) is 7.53. The highest BCUT2D eigenvalue weighted by molar-refractivity contribution is 5.96. The number of nitrogens with one attached hydrogen (secondary N) is 2. The quantitative estimate of drug-likeness (QED) is 0.367. The van der Waals surface area contributed by atoms with Crippen molar-refractivity contribution in [1.82, 2.24) is 15.3 Å². The lowest BCUT2D eigenvalue weighted by Crippen LogP contribution is -2.40. The summed E-state index contributed by atoms with van der Waals surface area (Å²) in [6, 6.07) is 9.58. The number of aliphatic hydroxyl groups is 1. The molecule has 0 radical (unpaired) electrons. The molecular formula is C26H26N4O5. The predicted octanol–water partition coefficient (Wildman–Crippen LogP) is 2.14. The second kappa shape index (κ2) is 9.99. The van der Waals surface area contributed by atoms with Gasteiger partial charge in [0, 0.05) is 11.3 Å². The summed E-state index contributed by atoms with van der Waals surface area (Å²) in [5, 5.41) is 21.5. The van der Waals surface area contributed by atoms with E-state index in [0.717, 1.165) is 29.7 Å². The van der Waals surface area contributed by atoms with Gasteiger partial charge in [0.2, 0.25) is 0 Å². The Hall–Kier alpha value is -4.16. The average Bonchev–Trinajstić information content (AvgIpc) is 3.26. The number of hydrogen-bond donors (Lipinski definition) is 4. The molecule has 0 saturated heterocycles. The van der Waals surface area contributed by atoms with Crippen LogP contribution in [0.3, 0.4) is 0 Å². The normalized spacial score (nSPS) is 15.3. The maximum absolute atomic E-state index is 12.5. The van der Waals surface area contributed by atoms with Crippen molar-refractivity contribution in [2.75, 3.05) is 11.4 Å². The van der Waals surface area contributed by atoms with E-state index in [4.69, 9.17) is 6.42 Å². The molecule has 0 spiro atoms. The molecule has 0 saturated carbocycles. The van der Waals surface area contributed by atoms with Crippen molar-refractivity contribution in [2.24, 2.45) is 0 Å². The first-order valence-electron chi connectivity index (χ1n) is 11.4. The van der Waals surface area contributed by atoms with Gasteiger partial charge in [-0.15, -0.1) is 6.42 Å². The number of benzene rings is 2. The zero-order valence-electron chi connectivity index (χ0n) is 19.2. The third-order valence-electron chi connectivity index (χ3n) is 6.32. The van der Waals surface area contributed by atoms with Gasteiger partial charge in [0.1, 0.15) is 18.5 Å². The Balaban J connectivity index is 1.64. The number of carbonyl (C=O) groups is 2. The molecule has 2 atom stereocenters. The Morgan fingerprint density at radius 1 is 1.31 bits per heavy atom. The van der Waals surface area contributed by atoms with Gasteiger partial charge in [0.25, 0.3) is 11.5 Å². The number of H-pyrrole nitrogens is 1. The molecule has 4 rings (SSSR count). The molecule has 9 nitrogen and oxygen atoms in total. The second-order valence-corrected chi connectivity index (χ2v) is 8.44. The Morgan fingerprint density at radius 2 is 2.06 bits per heavy atom. The van der Waals surface area contributed by atoms with Gasteiger partial charge in [0.05, 0.1) is 23.5 Å². The standard InChI is InChI=1S/C26H26N4O5/c1-3-11-30(17-8-5-15(6-9-17)24(32)28-20(4-2)26(34)35)22-10-7-16-12-21-19(13-18(16)22)25(33)29-23(14-31)27-21/h1,5-6,8-9,12-13,20,22,31H,4,7,10-11,14H2,2H3,(H,28,32)(H,34,35)(H,27,29,33)/t20-,22-/m0/s1. The molecule has 1 heterocycles. The van der Waals surface area contributed by atoms with Crippen LogP contribution >= 0.6 is 0 Å². The van der Waals surface area contributed by atoms with Crippen molar-refractivity contribution in [3.63, 3.8) is 0 Å². The molecular weight excluding hydrogens is 448 g/mol.